The van der Waals surface area contributed by atoms with E-state index in [-0.39, 0.29) is 16.7 Å². The first-order valence-corrected chi connectivity index (χ1v) is 18.3. The van der Waals surface area contributed by atoms with Crippen molar-refractivity contribution in [1.29, 1.82) is 5.26 Å². The minimum Gasteiger partial charge on any atom is -0.388 e. The predicted octanol–water partition coefficient (Wildman–Crippen LogP) is 3.00. The molecule has 12 nitrogen and oxygen atoms in total. The highest BCUT2D eigenvalue weighted by molar-refractivity contribution is 7.92. The summed E-state index contributed by atoms with van der Waals surface area (Å²) in [4.78, 5) is 43.9. The van der Waals surface area contributed by atoms with Crippen LogP contribution in [-0.4, -0.2) is 82.7 Å². The highest BCUT2D eigenvalue weighted by Gasteiger charge is 2.38. The van der Waals surface area contributed by atoms with Gasteiger partial charge in [0.2, 0.25) is 5.91 Å². The fourth-order valence-corrected chi connectivity index (χ4v) is 7.79. The van der Waals surface area contributed by atoms with E-state index < -0.39 is 93.4 Å². The molecule has 0 radical (unpaired) electrons. The SMILES string of the molecule is CCCC(CCC)S(=O)(=O)C[C@@H](NC(=O)c1cccnc1)C(=O)N[C@@H](Cc1cc(F)cc(F)c1)[C@@H](O)[C@H](O)[C@@H](CC#N)NC(=O)c1ccccc1. The zero-order valence-corrected chi connectivity index (χ0v) is 29.2. The Morgan fingerprint density at radius 1 is 0.843 bits per heavy atom. The quantitative estimate of drug-likeness (QED) is 0.123. The summed E-state index contributed by atoms with van der Waals surface area (Å²) in [6.45, 7) is 3.64. The molecule has 2 aromatic carbocycles. The van der Waals surface area contributed by atoms with E-state index in [0.29, 0.717) is 31.7 Å². The molecule has 0 unspecified atom stereocenters. The zero-order valence-electron chi connectivity index (χ0n) is 28.3. The second-order valence-electron chi connectivity index (χ2n) is 12.2. The van der Waals surface area contributed by atoms with Crippen molar-refractivity contribution < 1.29 is 41.8 Å². The van der Waals surface area contributed by atoms with Crippen molar-refractivity contribution in [1.82, 2.24) is 20.9 Å². The number of aliphatic hydroxyl groups excluding tert-OH is 2. The van der Waals surface area contributed by atoms with E-state index in [9.17, 15) is 47.1 Å². The van der Waals surface area contributed by atoms with Gasteiger partial charge in [-0.15, -0.1) is 0 Å². The van der Waals surface area contributed by atoms with Crippen LogP contribution in [0, 0.1) is 23.0 Å². The maximum Gasteiger partial charge on any atom is 0.253 e. The number of hydrogen-bond donors (Lipinski definition) is 5. The van der Waals surface area contributed by atoms with Gasteiger partial charge in [0.15, 0.2) is 9.84 Å². The monoisotopic (exact) mass is 727 g/mol. The molecule has 0 fully saturated rings. The largest absolute Gasteiger partial charge is 0.388 e. The molecule has 0 aliphatic rings. The lowest BCUT2D eigenvalue weighted by atomic mass is 9.92. The van der Waals surface area contributed by atoms with Crippen molar-refractivity contribution in [3.8, 4) is 6.07 Å². The molecule has 0 aliphatic heterocycles. The lowest BCUT2D eigenvalue weighted by Gasteiger charge is -2.33. The van der Waals surface area contributed by atoms with Crippen LogP contribution in [0.5, 0.6) is 0 Å². The molecular weight excluding hydrogens is 684 g/mol. The molecule has 1 heterocycles. The zero-order chi connectivity index (χ0) is 37.6. The van der Waals surface area contributed by atoms with Crippen LogP contribution in [0.3, 0.4) is 0 Å². The van der Waals surface area contributed by atoms with Gasteiger partial charge >= 0.3 is 0 Å². The van der Waals surface area contributed by atoms with Crippen LogP contribution in [-0.2, 0) is 21.1 Å². The van der Waals surface area contributed by atoms with E-state index in [0.717, 1.165) is 12.1 Å². The molecule has 274 valence electrons. The average molecular weight is 728 g/mol. The summed E-state index contributed by atoms with van der Waals surface area (Å²) in [7, 11) is -4.01. The Hall–Kier alpha value is -4.78. The van der Waals surface area contributed by atoms with Gasteiger partial charge in [0.05, 0.1) is 41.1 Å². The third-order valence-electron chi connectivity index (χ3n) is 8.22. The molecule has 3 amide bonds. The van der Waals surface area contributed by atoms with E-state index in [1.54, 1.807) is 18.2 Å². The number of amides is 3. The molecular formula is C36H43F2N5O7S. The Labute approximate surface area is 296 Å². The number of benzene rings is 2. The number of pyridine rings is 1. The molecule has 1 aromatic heterocycles. The van der Waals surface area contributed by atoms with E-state index in [2.05, 4.69) is 20.9 Å². The molecule has 0 aliphatic carbocycles. The Balaban J connectivity index is 1.99. The molecule has 3 aromatic rings. The predicted molar refractivity (Wildman–Crippen MR) is 185 cm³/mol. The summed E-state index contributed by atoms with van der Waals surface area (Å²) in [6, 6.07) is 10.4. The number of aromatic nitrogens is 1. The lowest BCUT2D eigenvalue weighted by Crippen LogP contribution is -2.60. The van der Waals surface area contributed by atoms with Gasteiger partial charge in [-0.05, 0) is 61.2 Å². The van der Waals surface area contributed by atoms with Crippen molar-refractivity contribution in [2.75, 3.05) is 5.75 Å². The number of carbonyl (C=O) groups is 3. The molecule has 0 saturated heterocycles. The molecule has 5 N–H and O–H groups in total. The highest BCUT2D eigenvalue weighted by Crippen LogP contribution is 2.19. The number of carbonyl (C=O) groups excluding carboxylic acids is 3. The van der Waals surface area contributed by atoms with Crippen molar-refractivity contribution in [2.45, 2.75) is 88.0 Å². The highest BCUT2D eigenvalue weighted by atomic mass is 32.2. The molecule has 3 rings (SSSR count). The number of aliphatic hydroxyl groups is 2. The number of nitrogens with zero attached hydrogens (tertiary/aromatic N) is 2. The van der Waals surface area contributed by atoms with Gasteiger partial charge in [0, 0.05) is 24.0 Å². The summed E-state index contributed by atoms with van der Waals surface area (Å²) in [6.07, 6.45) is -0.535. The molecule has 15 heteroatoms. The summed E-state index contributed by atoms with van der Waals surface area (Å²) >= 11 is 0. The van der Waals surface area contributed by atoms with E-state index in [4.69, 9.17) is 0 Å². The van der Waals surface area contributed by atoms with Crippen LogP contribution in [0.4, 0.5) is 8.78 Å². The van der Waals surface area contributed by atoms with E-state index in [1.165, 1.54) is 36.7 Å². The van der Waals surface area contributed by atoms with Gasteiger partial charge < -0.3 is 26.2 Å². The van der Waals surface area contributed by atoms with Gasteiger partial charge in [-0.1, -0.05) is 44.9 Å². The average Bonchev–Trinajstić information content (AvgIpc) is 3.10. The maximum absolute atomic E-state index is 14.2. The molecule has 5 atom stereocenters. The second-order valence-corrected chi connectivity index (χ2v) is 14.5. The van der Waals surface area contributed by atoms with Gasteiger partial charge in [-0.3, -0.25) is 19.4 Å². The number of hydrogen-bond acceptors (Lipinski definition) is 9. The van der Waals surface area contributed by atoms with E-state index in [1.807, 2.05) is 19.9 Å². The first-order chi connectivity index (χ1) is 24.3. The maximum atomic E-state index is 14.2. The van der Waals surface area contributed by atoms with Crippen LogP contribution in [0.25, 0.3) is 0 Å². The third kappa shape index (κ3) is 12.2. The summed E-state index contributed by atoms with van der Waals surface area (Å²) in [5, 5.41) is 38.8. The van der Waals surface area contributed by atoms with Crippen LogP contribution in [0.15, 0.2) is 73.1 Å². The van der Waals surface area contributed by atoms with Crippen molar-refractivity contribution in [3.63, 3.8) is 0 Å². The Kier molecular flexibility index (Phi) is 15.6. The number of halogens is 2. The topological polar surface area (TPSA) is 199 Å². The van der Waals surface area contributed by atoms with Crippen LogP contribution >= 0.6 is 0 Å². The minimum absolute atomic E-state index is 0.0297. The van der Waals surface area contributed by atoms with Gasteiger partial charge in [0.25, 0.3) is 11.8 Å². The van der Waals surface area contributed by atoms with Gasteiger partial charge in [-0.2, -0.15) is 5.26 Å². The number of sulfone groups is 1. The normalized spacial score (nSPS) is 14.4. The summed E-state index contributed by atoms with van der Waals surface area (Å²) in [5.74, 6) is -5.32. The molecule has 0 spiro atoms. The number of rotatable bonds is 19. The Bertz CT molecular complexity index is 1730. The van der Waals surface area contributed by atoms with Crippen LogP contribution < -0.4 is 16.0 Å². The Morgan fingerprint density at radius 2 is 1.43 bits per heavy atom. The van der Waals surface area contributed by atoms with Gasteiger partial charge in [-0.25, -0.2) is 17.2 Å². The molecule has 0 saturated carbocycles. The summed E-state index contributed by atoms with van der Waals surface area (Å²) < 4.78 is 55.7. The van der Waals surface area contributed by atoms with E-state index >= 15 is 0 Å². The van der Waals surface area contributed by atoms with Crippen LogP contribution in [0.1, 0.15) is 72.2 Å². The number of nitrogens with one attached hydrogen (secondary N) is 3. The van der Waals surface area contributed by atoms with Crippen molar-refractivity contribution >= 4 is 27.6 Å². The molecule has 51 heavy (non-hydrogen) atoms. The fraction of sp³-hybridized carbons (Fsp3) is 0.417. The lowest BCUT2D eigenvalue weighted by molar-refractivity contribution is -0.125. The van der Waals surface area contributed by atoms with Crippen molar-refractivity contribution in [2.24, 2.45) is 0 Å². The van der Waals surface area contributed by atoms with Crippen LogP contribution in [0.2, 0.25) is 0 Å². The smallest absolute Gasteiger partial charge is 0.253 e. The number of nitriles is 1. The molecule has 0 bridgehead atoms. The van der Waals surface area contributed by atoms with Crippen molar-refractivity contribution in [3.05, 3.63) is 101 Å². The summed E-state index contributed by atoms with van der Waals surface area (Å²) in [5.41, 5.74) is 0.172. The Morgan fingerprint density at radius 3 is 2.00 bits per heavy atom. The van der Waals surface area contributed by atoms with Gasteiger partial charge in [0.1, 0.15) is 29.9 Å². The third-order valence-corrected chi connectivity index (χ3v) is 10.5. The standard InChI is InChI=1S/C36H43F2N5O7S/c1-3-9-28(10-4-2)51(49,50)22-31(43-35(47)25-13-8-16-40-21-25)36(48)42-30(19-23-17-26(37)20-27(38)18-23)33(45)32(44)29(14-15-39)41-34(46)24-11-6-5-7-12-24/h5-8,11-13,16-18,20-21,28-33,44-45H,3-4,9-10,14,19,22H2,1-2H3,(H,41,46)(H,42,48)(H,43,47)/t29-,30+,31-,32-,33-/m1/s1. The fourth-order valence-electron chi connectivity index (χ4n) is 5.63. The first kappa shape index (κ1) is 40.6. The first-order valence-electron chi connectivity index (χ1n) is 16.6. The second kappa shape index (κ2) is 19.6. The minimum atomic E-state index is -4.01.